The van der Waals surface area contributed by atoms with E-state index >= 15 is 0 Å². The van der Waals surface area contributed by atoms with E-state index in [1.807, 2.05) is 50.2 Å². The largest absolute Gasteiger partial charge is 0.341 e. The molecule has 1 aromatic heterocycles. The fourth-order valence-corrected chi connectivity index (χ4v) is 3.33. The lowest BCUT2D eigenvalue weighted by Gasteiger charge is -2.11. The van der Waals surface area contributed by atoms with Gasteiger partial charge in [-0.2, -0.15) is 0 Å². The third-order valence-electron chi connectivity index (χ3n) is 3.91. The second-order valence-corrected chi connectivity index (χ2v) is 7.29. The first-order valence-electron chi connectivity index (χ1n) is 7.96. The minimum atomic E-state index is 0.00918. The van der Waals surface area contributed by atoms with Crippen LogP contribution in [0.5, 0.6) is 0 Å². The number of imidazole rings is 1. The number of rotatable bonds is 5. The van der Waals surface area contributed by atoms with E-state index in [1.165, 1.54) is 5.56 Å². The van der Waals surface area contributed by atoms with E-state index in [2.05, 4.69) is 28.3 Å². The monoisotopic (exact) mass is 339 g/mol. The number of nitrogens with one attached hydrogen (secondary N) is 2. The van der Waals surface area contributed by atoms with Crippen molar-refractivity contribution in [3.8, 4) is 0 Å². The molecular weight excluding hydrogens is 318 g/mol. The number of hydrogen-bond donors (Lipinski definition) is 2. The van der Waals surface area contributed by atoms with Crippen LogP contribution < -0.4 is 5.32 Å². The number of aromatic nitrogens is 2. The quantitative estimate of drug-likeness (QED) is 0.713. The lowest BCUT2D eigenvalue weighted by Crippen LogP contribution is -2.15. The summed E-state index contributed by atoms with van der Waals surface area (Å²) in [6.07, 6.45) is 0. The number of thioether (sulfide) groups is 1. The number of anilines is 1. The fraction of sp³-hybridized carbons (Fsp3) is 0.263. The van der Waals surface area contributed by atoms with Gasteiger partial charge in [-0.25, -0.2) is 4.98 Å². The van der Waals surface area contributed by atoms with E-state index in [0.717, 1.165) is 28.1 Å². The SMILES string of the molecule is Cc1ccc(NC(=O)CSC(C)c2nc3ccccc3[nH]2)c(C)c1. The maximum Gasteiger partial charge on any atom is 0.234 e. The van der Waals surface area contributed by atoms with Crippen molar-refractivity contribution in [2.75, 3.05) is 11.1 Å². The lowest BCUT2D eigenvalue weighted by atomic mass is 10.1. The van der Waals surface area contributed by atoms with Crippen molar-refractivity contribution in [2.24, 2.45) is 0 Å². The van der Waals surface area contributed by atoms with Gasteiger partial charge in [-0.3, -0.25) is 4.79 Å². The molecular formula is C19H21N3OS. The van der Waals surface area contributed by atoms with Crippen LogP contribution >= 0.6 is 11.8 Å². The van der Waals surface area contributed by atoms with Gasteiger partial charge in [0.05, 0.1) is 22.0 Å². The second kappa shape index (κ2) is 7.09. The molecule has 3 aromatic rings. The first kappa shape index (κ1) is 16.6. The van der Waals surface area contributed by atoms with Crippen molar-refractivity contribution in [3.63, 3.8) is 0 Å². The third-order valence-corrected chi connectivity index (χ3v) is 5.07. The second-order valence-electron chi connectivity index (χ2n) is 5.96. The summed E-state index contributed by atoms with van der Waals surface area (Å²) in [5.41, 5.74) is 5.14. The summed E-state index contributed by atoms with van der Waals surface area (Å²) in [7, 11) is 0. The minimum absolute atomic E-state index is 0.00918. The van der Waals surface area contributed by atoms with Crippen molar-refractivity contribution in [1.29, 1.82) is 0 Å². The number of aromatic amines is 1. The number of carbonyl (C=O) groups is 1. The van der Waals surface area contributed by atoms with Gasteiger partial charge in [-0.15, -0.1) is 11.8 Å². The average Bonchev–Trinajstić information content (AvgIpc) is 2.99. The Morgan fingerprint density at radius 3 is 2.79 bits per heavy atom. The van der Waals surface area contributed by atoms with Crippen molar-refractivity contribution >= 4 is 34.4 Å². The van der Waals surface area contributed by atoms with Crippen LogP contribution in [-0.4, -0.2) is 21.6 Å². The van der Waals surface area contributed by atoms with Crippen molar-refractivity contribution < 1.29 is 4.79 Å². The first-order chi connectivity index (χ1) is 11.5. The molecule has 0 spiro atoms. The maximum absolute atomic E-state index is 12.2. The number of carbonyl (C=O) groups excluding carboxylic acids is 1. The normalized spacial score (nSPS) is 12.3. The van der Waals surface area contributed by atoms with Gasteiger partial charge in [0.15, 0.2) is 0 Å². The number of hydrogen-bond acceptors (Lipinski definition) is 3. The molecule has 124 valence electrons. The van der Waals surface area contributed by atoms with Crippen LogP contribution in [0, 0.1) is 13.8 Å². The first-order valence-corrected chi connectivity index (χ1v) is 9.01. The minimum Gasteiger partial charge on any atom is -0.341 e. The Morgan fingerprint density at radius 2 is 2.04 bits per heavy atom. The Morgan fingerprint density at radius 1 is 1.25 bits per heavy atom. The summed E-state index contributed by atoms with van der Waals surface area (Å²) in [6.45, 7) is 6.11. The summed E-state index contributed by atoms with van der Waals surface area (Å²) < 4.78 is 0. The smallest absolute Gasteiger partial charge is 0.234 e. The third kappa shape index (κ3) is 3.79. The van der Waals surface area contributed by atoms with Gasteiger partial charge < -0.3 is 10.3 Å². The molecule has 24 heavy (non-hydrogen) atoms. The van der Waals surface area contributed by atoms with E-state index in [0.29, 0.717) is 5.75 Å². The molecule has 2 N–H and O–H groups in total. The predicted molar refractivity (Wildman–Crippen MR) is 102 cm³/mol. The molecule has 0 fully saturated rings. The molecule has 3 rings (SSSR count). The lowest BCUT2D eigenvalue weighted by molar-refractivity contribution is -0.113. The van der Waals surface area contributed by atoms with Crippen LogP contribution in [0.25, 0.3) is 11.0 Å². The summed E-state index contributed by atoms with van der Waals surface area (Å²) >= 11 is 1.58. The Bertz CT molecular complexity index is 839. The van der Waals surface area contributed by atoms with Gasteiger partial charge in [0.1, 0.15) is 5.82 Å². The van der Waals surface area contributed by atoms with E-state index in [-0.39, 0.29) is 11.2 Å². The molecule has 0 aliphatic heterocycles. The maximum atomic E-state index is 12.2. The van der Waals surface area contributed by atoms with Crippen LogP contribution in [0.1, 0.15) is 29.1 Å². The van der Waals surface area contributed by atoms with E-state index in [4.69, 9.17) is 0 Å². The highest BCUT2D eigenvalue weighted by Crippen LogP contribution is 2.28. The molecule has 0 aliphatic rings. The molecule has 0 radical (unpaired) electrons. The Hall–Kier alpha value is -2.27. The Balaban J connectivity index is 1.59. The Kier molecular flexibility index (Phi) is 4.90. The highest BCUT2D eigenvalue weighted by Gasteiger charge is 2.13. The molecule has 0 saturated heterocycles. The number of fused-ring (bicyclic) bond motifs is 1. The predicted octanol–water partition coefficient (Wildman–Crippen LogP) is 4.61. The van der Waals surface area contributed by atoms with Gasteiger partial charge in [0, 0.05) is 5.69 Å². The standard InChI is InChI=1S/C19H21N3OS/c1-12-8-9-15(13(2)10-12)20-18(23)11-24-14(3)19-21-16-6-4-5-7-17(16)22-19/h4-10,14H,11H2,1-3H3,(H,20,23)(H,21,22). The molecule has 0 bridgehead atoms. The molecule has 1 heterocycles. The molecule has 1 amide bonds. The fourth-order valence-electron chi connectivity index (χ4n) is 2.58. The number of nitrogens with zero attached hydrogens (tertiary/aromatic N) is 1. The zero-order valence-electron chi connectivity index (χ0n) is 14.1. The van der Waals surface area contributed by atoms with Crippen LogP contribution in [0.4, 0.5) is 5.69 Å². The van der Waals surface area contributed by atoms with E-state index in [9.17, 15) is 4.79 Å². The van der Waals surface area contributed by atoms with Crippen LogP contribution in [-0.2, 0) is 4.79 Å². The van der Waals surface area contributed by atoms with Gasteiger partial charge >= 0.3 is 0 Å². The molecule has 4 nitrogen and oxygen atoms in total. The summed E-state index contributed by atoms with van der Waals surface area (Å²) in [4.78, 5) is 20.1. The molecule has 0 saturated carbocycles. The molecule has 2 aromatic carbocycles. The summed E-state index contributed by atoms with van der Waals surface area (Å²) in [5, 5.41) is 3.11. The summed E-state index contributed by atoms with van der Waals surface area (Å²) in [6, 6.07) is 14.0. The number of benzene rings is 2. The van der Waals surface area contributed by atoms with Gasteiger partial charge in [-0.1, -0.05) is 29.8 Å². The van der Waals surface area contributed by atoms with Crippen LogP contribution in [0.3, 0.4) is 0 Å². The molecule has 0 aliphatic carbocycles. The topological polar surface area (TPSA) is 57.8 Å². The van der Waals surface area contributed by atoms with Crippen molar-refractivity contribution in [2.45, 2.75) is 26.0 Å². The number of para-hydroxylation sites is 2. The summed E-state index contributed by atoms with van der Waals surface area (Å²) in [5.74, 6) is 1.31. The van der Waals surface area contributed by atoms with Crippen LogP contribution in [0.2, 0.25) is 0 Å². The van der Waals surface area contributed by atoms with Crippen molar-refractivity contribution in [3.05, 3.63) is 59.4 Å². The number of amides is 1. The zero-order valence-corrected chi connectivity index (χ0v) is 14.9. The van der Waals surface area contributed by atoms with Gasteiger partial charge in [0.25, 0.3) is 0 Å². The van der Waals surface area contributed by atoms with Gasteiger partial charge in [-0.05, 0) is 44.5 Å². The number of aryl methyl sites for hydroxylation is 2. The molecule has 1 atom stereocenters. The average molecular weight is 339 g/mol. The molecule has 1 unspecified atom stereocenters. The highest BCUT2D eigenvalue weighted by molar-refractivity contribution is 8.00. The van der Waals surface area contributed by atoms with E-state index < -0.39 is 0 Å². The van der Waals surface area contributed by atoms with E-state index in [1.54, 1.807) is 11.8 Å². The number of H-pyrrole nitrogens is 1. The Labute approximate surface area is 146 Å². The van der Waals surface area contributed by atoms with Crippen molar-refractivity contribution in [1.82, 2.24) is 9.97 Å². The molecule has 5 heteroatoms. The highest BCUT2D eigenvalue weighted by atomic mass is 32.2. The zero-order chi connectivity index (χ0) is 17.1. The van der Waals surface area contributed by atoms with Gasteiger partial charge in [0.2, 0.25) is 5.91 Å². The van der Waals surface area contributed by atoms with Crippen LogP contribution in [0.15, 0.2) is 42.5 Å².